The van der Waals surface area contributed by atoms with Crippen molar-refractivity contribution in [3.63, 3.8) is 0 Å². The van der Waals surface area contributed by atoms with Crippen molar-refractivity contribution in [2.24, 2.45) is 0 Å². The van der Waals surface area contributed by atoms with Crippen molar-refractivity contribution < 1.29 is 0 Å². The molecule has 2 aromatic rings. The summed E-state index contributed by atoms with van der Waals surface area (Å²) in [6.45, 7) is 0. The zero-order valence-corrected chi connectivity index (χ0v) is 8.28. The Hall–Kier alpha value is -0.510. The van der Waals surface area contributed by atoms with Crippen molar-refractivity contribution >= 4 is 36.7 Å². The van der Waals surface area contributed by atoms with Gasteiger partial charge in [0, 0.05) is 0 Å². The first-order chi connectivity index (χ1) is 5.38. The average Bonchev–Trinajstić information content (AvgIpc) is 2.06. The number of hydrogen-bond acceptors (Lipinski definition) is 0. The van der Waals surface area contributed by atoms with Gasteiger partial charge < -0.3 is 0 Å². The molecular weight excluding hydrogens is 248 g/mol. The summed E-state index contributed by atoms with van der Waals surface area (Å²) in [7, 11) is 0. The average molecular weight is 255 g/mol. The molecule has 2 aromatic carbocycles. The van der Waals surface area contributed by atoms with Gasteiger partial charge in [0.05, 0.1) is 0 Å². The molecule has 0 heterocycles. The molecule has 0 amide bonds. The Balaban J connectivity index is 2.91. The van der Waals surface area contributed by atoms with Gasteiger partial charge in [-0.15, -0.1) is 0 Å². The topological polar surface area (TPSA) is 0 Å². The third kappa shape index (κ3) is 1.27. The Morgan fingerprint density at radius 2 is 1.55 bits per heavy atom. The van der Waals surface area contributed by atoms with Crippen LogP contribution in [0.2, 0.25) is 0 Å². The Bertz CT molecular complexity index is 374. The zero-order valence-electron chi connectivity index (χ0n) is 5.95. The van der Waals surface area contributed by atoms with E-state index >= 15 is 0 Å². The summed E-state index contributed by atoms with van der Waals surface area (Å²) in [6.07, 6.45) is 0. The third-order valence-electron chi connectivity index (χ3n) is 1.75. The standard InChI is InChI=1S/C10H7Te/c11-10-7-3-5-8-4-1-2-6-9(8)10/h1-7H. The summed E-state index contributed by atoms with van der Waals surface area (Å²) in [6, 6.07) is 14.8. The minimum absolute atomic E-state index is 1.33. The second-order valence-electron chi connectivity index (χ2n) is 2.48. The van der Waals surface area contributed by atoms with Crippen molar-refractivity contribution in [3.8, 4) is 0 Å². The van der Waals surface area contributed by atoms with Crippen LogP contribution in [0.15, 0.2) is 42.5 Å². The Morgan fingerprint density at radius 1 is 0.818 bits per heavy atom. The van der Waals surface area contributed by atoms with Crippen LogP contribution in [-0.2, 0) is 0 Å². The maximum absolute atomic E-state index is 2.16. The normalized spacial score (nSPS) is 10.2. The molecule has 0 N–H and O–H groups in total. The monoisotopic (exact) mass is 257 g/mol. The van der Waals surface area contributed by atoms with Crippen molar-refractivity contribution in [2.75, 3.05) is 0 Å². The molecule has 0 fully saturated rings. The number of fused-ring (bicyclic) bond motifs is 1. The van der Waals surface area contributed by atoms with E-state index in [-0.39, 0.29) is 0 Å². The van der Waals surface area contributed by atoms with Crippen molar-refractivity contribution in [1.29, 1.82) is 0 Å². The van der Waals surface area contributed by atoms with Crippen LogP contribution in [-0.4, -0.2) is 22.3 Å². The molecule has 1 radical (unpaired) electrons. The first kappa shape index (κ1) is 7.16. The van der Waals surface area contributed by atoms with Crippen LogP contribution in [0.4, 0.5) is 0 Å². The molecule has 0 saturated carbocycles. The van der Waals surface area contributed by atoms with E-state index in [4.69, 9.17) is 0 Å². The predicted octanol–water partition coefficient (Wildman–Crippen LogP) is 1.63. The summed E-state index contributed by atoms with van der Waals surface area (Å²) in [5.41, 5.74) is 0. The van der Waals surface area contributed by atoms with Gasteiger partial charge in [-0.3, -0.25) is 0 Å². The van der Waals surface area contributed by atoms with Crippen molar-refractivity contribution in [2.45, 2.75) is 0 Å². The fourth-order valence-corrected chi connectivity index (χ4v) is 1.95. The Kier molecular flexibility index (Phi) is 1.85. The second kappa shape index (κ2) is 2.85. The van der Waals surface area contributed by atoms with E-state index in [1.54, 1.807) is 0 Å². The van der Waals surface area contributed by atoms with Gasteiger partial charge in [-0.2, -0.15) is 0 Å². The van der Waals surface area contributed by atoms with E-state index in [0.29, 0.717) is 0 Å². The summed E-state index contributed by atoms with van der Waals surface area (Å²) in [5.74, 6) is 0. The fraction of sp³-hybridized carbons (Fsp3) is 0. The maximum atomic E-state index is 2.16. The summed E-state index contributed by atoms with van der Waals surface area (Å²) in [5, 5.41) is 2.69. The molecule has 0 aliphatic heterocycles. The van der Waals surface area contributed by atoms with E-state index in [0.717, 1.165) is 0 Å². The molecule has 11 heavy (non-hydrogen) atoms. The third-order valence-corrected chi connectivity index (χ3v) is 2.77. The first-order valence-electron chi connectivity index (χ1n) is 3.53. The molecule has 0 bridgehead atoms. The van der Waals surface area contributed by atoms with Crippen LogP contribution in [0.3, 0.4) is 0 Å². The van der Waals surface area contributed by atoms with Crippen molar-refractivity contribution in [1.82, 2.24) is 0 Å². The van der Waals surface area contributed by atoms with E-state index in [1.165, 1.54) is 14.4 Å². The van der Waals surface area contributed by atoms with E-state index in [1.807, 2.05) is 0 Å². The summed E-state index contributed by atoms with van der Waals surface area (Å²) in [4.78, 5) is 0. The number of benzene rings is 2. The van der Waals surface area contributed by atoms with Gasteiger partial charge in [0.2, 0.25) is 0 Å². The van der Waals surface area contributed by atoms with Gasteiger partial charge >= 0.3 is 79.1 Å². The van der Waals surface area contributed by atoms with Gasteiger partial charge in [0.15, 0.2) is 0 Å². The molecule has 0 aliphatic carbocycles. The van der Waals surface area contributed by atoms with Crippen LogP contribution in [0.25, 0.3) is 10.8 Å². The molecule has 0 aromatic heterocycles. The Morgan fingerprint density at radius 3 is 2.36 bits per heavy atom. The second-order valence-corrected chi connectivity index (χ2v) is 3.73. The summed E-state index contributed by atoms with van der Waals surface area (Å²) >= 11 is 2.07. The SMILES string of the molecule is [Te]c1cccc2ccccc12. The van der Waals surface area contributed by atoms with Gasteiger partial charge in [0.25, 0.3) is 0 Å². The fourth-order valence-electron chi connectivity index (χ4n) is 1.20. The van der Waals surface area contributed by atoms with Crippen LogP contribution in [0, 0.1) is 0 Å². The molecule has 0 aliphatic rings. The van der Waals surface area contributed by atoms with Gasteiger partial charge in [0.1, 0.15) is 0 Å². The number of rotatable bonds is 0. The van der Waals surface area contributed by atoms with Crippen LogP contribution >= 0.6 is 0 Å². The van der Waals surface area contributed by atoms with E-state index in [2.05, 4.69) is 64.8 Å². The molecule has 0 spiro atoms. The number of hydrogen-bond donors (Lipinski definition) is 0. The molecular formula is C10H7Te. The van der Waals surface area contributed by atoms with Crippen LogP contribution in [0.1, 0.15) is 0 Å². The predicted molar refractivity (Wildman–Crippen MR) is 49.3 cm³/mol. The molecule has 2 rings (SSSR count). The van der Waals surface area contributed by atoms with Gasteiger partial charge in [-0.05, 0) is 0 Å². The molecule has 0 saturated heterocycles. The van der Waals surface area contributed by atoms with E-state index in [9.17, 15) is 0 Å². The van der Waals surface area contributed by atoms with Crippen LogP contribution in [0.5, 0.6) is 0 Å². The molecule has 0 unspecified atom stereocenters. The van der Waals surface area contributed by atoms with Crippen molar-refractivity contribution in [3.05, 3.63) is 42.5 Å². The zero-order chi connectivity index (χ0) is 7.68. The first-order valence-corrected chi connectivity index (χ1v) is 4.69. The Labute approximate surface area is 79.1 Å². The van der Waals surface area contributed by atoms with Gasteiger partial charge in [-0.25, -0.2) is 0 Å². The quantitative estimate of drug-likeness (QED) is 0.627. The molecule has 1 heteroatoms. The minimum atomic E-state index is 1.33. The summed E-state index contributed by atoms with van der Waals surface area (Å²) < 4.78 is 1.36. The molecule has 0 nitrogen and oxygen atoms in total. The molecule has 0 atom stereocenters. The van der Waals surface area contributed by atoms with Gasteiger partial charge in [-0.1, -0.05) is 0 Å². The van der Waals surface area contributed by atoms with E-state index < -0.39 is 0 Å². The van der Waals surface area contributed by atoms with Crippen LogP contribution < -0.4 is 3.61 Å². The molecule has 53 valence electrons.